The first kappa shape index (κ1) is 20.7. The molecular formula is C21H29N3O3. The molecule has 27 heavy (non-hydrogen) atoms. The molecule has 2 rings (SSSR count). The monoisotopic (exact) mass is 371 g/mol. The van der Waals surface area contributed by atoms with E-state index in [1.54, 1.807) is 6.92 Å². The molecule has 0 saturated carbocycles. The lowest BCUT2D eigenvalue weighted by Crippen LogP contribution is -2.25. The van der Waals surface area contributed by atoms with Crippen molar-refractivity contribution in [2.45, 2.75) is 39.8 Å². The van der Waals surface area contributed by atoms with Crippen molar-refractivity contribution in [3.05, 3.63) is 57.9 Å². The number of hydrogen-bond acceptors (Lipinski definition) is 4. The van der Waals surface area contributed by atoms with Crippen molar-refractivity contribution < 1.29 is 14.3 Å². The molecule has 0 aliphatic heterocycles. The molecule has 6 heteroatoms. The average Bonchev–Trinajstić information content (AvgIpc) is 2.96. The zero-order valence-corrected chi connectivity index (χ0v) is 16.8. The van der Waals surface area contributed by atoms with Gasteiger partial charge in [0.15, 0.2) is 0 Å². The maximum absolute atomic E-state index is 12.8. The van der Waals surface area contributed by atoms with E-state index in [-0.39, 0.29) is 5.91 Å². The van der Waals surface area contributed by atoms with Gasteiger partial charge < -0.3 is 19.9 Å². The van der Waals surface area contributed by atoms with Crippen LogP contribution in [0.3, 0.4) is 0 Å². The number of nitrogens with one attached hydrogen (secondary N) is 2. The van der Waals surface area contributed by atoms with E-state index in [9.17, 15) is 9.59 Å². The third-order valence-electron chi connectivity index (χ3n) is 4.45. The Kier molecular flexibility index (Phi) is 7.19. The molecule has 0 bridgehead atoms. The molecule has 0 unspecified atom stereocenters. The van der Waals surface area contributed by atoms with Crippen molar-refractivity contribution >= 4 is 11.9 Å². The Bertz CT molecular complexity index is 809. The summed E-state index contributed by atoms with van der Waals surface area (Å²) in [5, 5.41) is 2.98. The van der Waals surface area contributed by atoms with Crippen LogP contribution in [0.4, 0.5) is 0 Å². The van der Waals surface area contributed by atoms with E-state index in [2.05, 4.69) is 21.3 Å². The Morgan fingerprint density at radius 3 is 2.44 bits per heavy atom. The van der Waals surface area contributed by atoms with Crippen LogP contribution in [-0.2, 0) is 24.2 Å². The van der Waals surface area contributed by atoms with Crippen molar-refractivity contribution in [3.63, 3.8) is 0 Å². The summed E-state index contributed by atoms with van der Waals surface area (Å²) in [6.07, 6.45) is 1.46. The predicted molar refractivity (Wildman–Crippen MR) is 106 cm³/mol. The lowest BCUT2D eigenvalue weighted by atomic mass is 10.0. The number of benzene rings is 1. The van der Waals surface area contributed by atoms with E-state index in [4.69, 9.17) is 4.74 Å². The number of aromatic nitrogens is 1. The number of H-pyrrole nitrogens is 1. The number of aromatic amines is 1. The summed E-state index contributed by atoms with van der Waals surface area (Å²) in [5.41, 5.74) is 4.55. The molecular weight excluding hydrogens is 342 g/mol. The van der Waals surface area contributed by atoms with Gasteiger partial charge in [-0.3, -0.25) is 4.79 Å². The third-order valence-corrected chi connectivity index (χ3v) is 4.45. The largest absolute Gasteiger partial charge is 0.465 e. The van der Waals surface area contributed by atoms with Gasteiger partial charge in [0.1, 0.15) is 5.69 Å². The molecule has 0 spiro atoms. The van der Waals surface area contributed by atoms with Gasteiger partial charge in [-0.05, 0) is 44.1 Å². The first-order valence-electron chi connectivity index (χ1n) is 9.18. The van der Waals surface area contributed by atoms with Crippen molar-refractivity contribution in [1.82, 2.24) is 15.2 Å². The Balaban J connectivity index is 2.23. The van der Waals surface area contributed by atoms with Gasteiger partial charge in [0.25, 0.3) is 5.91 Å². The van der Waals surface area contributed by atoms with Crippen molar-refractivity contribution in [2.75, 3.05) is 21.2 Å². The molecule has 1 aromatic heterocycles. The van der Waals surface area contributed by atoms with Gasteiger partial charge in [0, 0.05) is 18.8 Å². The van der Waals surface area contributed by atoms with E-state index < -0.39 is 5.97 Å². The first-order chi connectivity index (χ1) is 12.9. The molecule has 0 aliphatic carbocycles. The summed E-state index contributed by atoms with van der Waals surface area (Å²) in [7, 11) is 5.39. The number of nitrogens with zero attached hydrogens (tertiary/aromatic N) is 1. The summed E-state index contributed by atoms with van der Waals surface area (Å²) in [6.45, 7) is 5.04. The lowest BCUT2D eigenvalue weighted by molar-refractivity contribution is 0.0599. The molecule has 6 nitrogen and oxygen atoms in total. The van der Waals surface area contributed by atoms with E-state index in [1.807, 2.05) is 39.2 Å². The van der Waals surface area contributed by atoms with E-state index in [0.717, 1.165) is 24.1 Å². The lowest BCUT2D eigenvalue weighted by Gasteiger charge is -2.14. The van der Waals surface area contributed by atoms with Gasteiger partial charge >= 0.3 is 5.97 Å². The maximum atomic E-state index is 12.8. The van der Waals surface area contributed by atoms with Crippen LogP contribution >= 0.6 is 0 Å². The summed E-state index contributed by atoms with van der Waals surface area (Å²) >= 11 is 0. The first-order valence-corrected chi connectivity index (χ1v) is 9.18. The van der Waals surface area contributed by atoms with E-state index in [0.29, 0.717) is 29.9 Å². The highest BCUT2D eigenvalue weighted by molar-refractivity contribution is 6.00. The topological polar surface area (TPSA) is 74.4 Å². The quantitative estimate of drug-likeness (QED) is 0.700. The zero-order chi connectivity index (χ0) is 20.0. The highest BCUT2D eigenvalue weighted by Gasteiger charge is 2.24. The summed E-state index contributed by atoms with van der Waals surface area (Å²) in [4.78, 5) is 30.1. The molecule has 2 aromatic rings. The number of hydrogen-bond donors (Lipinski definition) is 2. The molecule has 0 saturated heterocycles. The Morgan fingerprint density at radius 1 is 1.19 bits per heavy atom. The summed E-state index contributed by atoms with van der Waals surface area (Å²) < 4.78 is 4.88. The predicted octanol–water partition coefficient (Wildman–Crippen LogP) is 3.05. The number of rotatable bonds is 8. The molecule has 1 heterocycles. The second-order valence-electron chi connectivity index (χ2n) is 6.91. The van der Waals surface area contributed by atoms with Crippen LogP contribution in [-0.4, -0.2) is 43.0 Å². The van der Waals surface area contributed by atoms with Crippen LogP contribution in [0.5, 0.6) is 0 Å². The number of carbonyl (C=O) groups excluding carboxylic acids is 2. The highest BCUT2D eigenvalue weighted by atomic mass is 16.5. The zero-order valence-electron chi connectivity index (χ0n) is 16.8. The molecule has 0 aliphatic rings. The van der Waals surface area contributed by atoms with Crippen molar-refractivity contribution in [2.24, 2.45) is 0 Å². The van der Waals surface area contributed by atoms with Gasteiger partial charge in [-0.15, -0.1) is 0 Å². The minimum Gasteiger partial charge on any atom is -0.465 e. The van der Waals surface area contributed by atoms with Crippen LogP contribution in [0, 0.1) is 6.92 Å². The standard InChI is InChI=1S/C21H29N3O3/c1-6-9-17-18(21(26)27-5)14(2)23-19(17)20(25)22-12-15-10-7-8-11-16(15)13-24(3)4/h7-8,10-11,23H,6,9,12-13H2,1-5H3,(H,22,25). The fraction of sp³-hybridized carbons (Fsp3) is 0.429. The van der Waals surface area contributed by atoms with Gasteiger partial charge in [-0.2, -0.15) is 0 Å². The van der Waals surface area contributed by atoms with Crippen LogP contribution in [0.2, 0.25) is 0 Å². The fourth-order valence-electron chi connectivity index (χ4n) is 3.24. The molecule has 2 N–H and O–H groups in total. The van der Waals surface area contributed by atoms with Crippen LogP contribution in [0.15, 0.2) is 24.3 Å². The SMILES string of the molecule is CCCc1c(C(=O)NCc2ccccc2CN(C)C)[nH]c(C)c1C(=O)OC. The van der Waals surface area contributed by atoms with Crippen LogP contribution in [0.1, 0.15) is 56.6 Å². The number of aryl methyl sites for hydroxylation is 1. The van der Waals surface area contributed by atoms with Crippen molar-refractivity contribution in [3.8, 4) is 0 Å². The third kappa shape index (κ3) is 4.98. The van der Waals surface area contributed by atoms with Crippen LogP contribution < -0.4 is 5.32 Å². The normalized spacial score (nSPS) is 10.9. The minimum absolute atomic E-state index is 0.212. The Hall–Kier alpha value is -2.60. The number of methoxy groups -OCH3 is 1. The molecule has 0 radical (unpaired) electrons. The highest BCUT2D eigenvalue weighted by Crippen LogP contribution is 2.22. The van der Waals surface area contributed by atoms with Gasteiger partial charge in [0.05, 0.1) is 12.7 Å². The number of carbonyl (C=O) groups is 2. The van der Waals surface area contributed by atoms with Gasteiger partial charge in [0.2, 0.25) is 0 Å². The fourth-order valence-corrected chi connectivity index (χ4v) is 3.24. The minimum atomic E-state index is -0.414. The molecule has 1 amide bonds. The summed E-state index contributed by atoms with van der Waals surface area (Å²) in [6, 6.07) is 8.06. The number of ether oxygens (including phenoxy) is 1. The molecule has 146 valence electrons. The Labute approximate surface area is 160 Å². The smallest absolute Gasteiger partial charge is 0.339 e. The van der Waals surface area contributed by atoms with E-state index in [1.165, 1.54) is 12.7 Å². The molecule has 1 aromatic carbocycles. The second-order valence-corrected chi connectivity index (χ2v) is 6.91. The molecule has 0 atom stereocenters. The number of esters is 1. The van der Waals surface area contributed by atoms with Crippen molar-refractivity contribution in [1.29, 1.82) is 0 Å². The summed E-state index contributed by atoms with van der Waals surface area (Å²) in [5.74, 6) is -0.626. The second kappa shape index (κ2) is 9.37. The van der Waals surface area contributed by atoms with Gasteiger partial charge in [-0.25, -0.2) is 4.79 Å². The van der Waals surface area contributed by atoms with E-state index >= 15 is 0 Å². The maximum Gasteiger partial charge on any atom is 0.339 e. The van der Waals surface area contributed by atoms with Gasteiger partial charge in [-0.1, -0.05) is 37.6 Å². The number of amides is 1. The van der Waals surface area contributed by atoms with Crippen LogP contribution in [0.25, 0.3) is 0 Å². The Morgan fingerprint density at radius 2 is 1.85 bits per heavy atom. The average molecular weight is 371 g/mol. The molecule has 0 fully saturated rings.